The van der Waals surface area contributed by atoms with Crippen molar-refractivity contribution >= 4 is 11.6 Å². The number of rotatable bonds is 3. The van der Waals surface area contributed by atoms with Crippen molar-refractivity contribution in [2.75, 3.05) is 6.54 Å². The molecular formula is C22H24ClN3O2. The molecule has 3 aromatic rings. The van der Waals surface area contributed by atoms with Crippen LogP contribution in [-0.2, 0) is 24.9 Å². The molecule has 28 heavy (non-hydrogen) atoms. The number of aromatic nitrogens is 2. The number of nitrogens with zero attached hydrogens (tertiary/aromatic N) is 2. The van der Waals surface area contributed by atoms with Gasteiger partial charge in [-0.2, -0.15) is 0 Å². The molecule has 4 rings (SSSR count). The minimum Gasteiger partial charge on any atom is -0.460 e. The van der Waals surface area contributed by atoms with Gasteiger partial charge in [-0.1, -0.05) is 44.5 Å². The van der Waals surface area contributed by atoms with E-state index >= 15 is 0 Å². The van der Waals surface area contributed by atoms with Crippen molar-refractivity contribution in [2.24, 2.45) is 0 Å². The molecule has 1 aliphatic rings. The van der Waals surface area contributed by atoms with Crippen molar-refractivity contribution in [3.05, 3.63) is 74.6 Å². The van der Waals surface area contributed by atoms with Crippen LogP contribution >= 0.6 is 11.6 Å². The summed E-state index contributed by atoms with van der Waals surface area (Å²) in [7, 11) is 0. The van der Waals surface area contributed by atoms with Crippen LogP contribution in [0.15, 0.2) is 45.6 Å². The van der Waals surface area contributed by atoms with Gasteiger partial charge in [0.25, 0.3) is 5.56 Å². The molecule has 0 unspecified atom stereocenters. The Morgan fingerprint density at radius 3 is 2.82 bits per heavy atom. The summed E-state index contributed by atoms with van der Waals surface area (Å²) in [5.41, 5.74) is 2.44. The predicted molar refractivity (Wildman–Crippen MR) is 111 cm³/mol. The van der Waals surface area contributed by atoms with Gasteiger partial charge >= 0.3 is 0 Å². The maximum Gasteiger partial charge on any atom is 0.255 e. The van der Waals surface area contributed by atoms with Gasteiger partial charge in [-0.3, -0.25) is 9.69 Å². The van der Waals surface area contributed by atoms with Crippen molar-refractivity contribution in [3.8, 4) is 11.3 Å². The molecule has 0 radical (unpaired) electrons. The Labute approximate surface area is 169 Å². The van der Waals surface area contributed by atoms with E-state index in [2.05, 4.69) is 30.7 Å². The molecule has 6 heteroatoms. The summed E-state index contributed by atoms with van der Waals surface area (Å²) in [5.74, 6) is 2.42. The summed E-state index contributed by atoms with van der Waals surface area (Å²) >= 11 is 6.07. The smallest absolute Gasteiger partial charge is 0.255 e. The summed E-state index contributed by atoms with van der Waals surface area (Å²) in [6.07, 6.45) is 0.768. The van der Waals surface area contributed by atoms with E-state index in [-0.39, 0.29) is 11.0 Å². The molecule has 0 fully saturated rings. The largest absolute Gasteiger partial charge is 0.460 e. The molecule has 2 aromatic heterocycles. The minimum atomic E-state index is -0.170. The highest BCUT2D eigenvalue weighted by Gasteiger charge is 2.25. The number of hydrogen-bond donors (Lipinski definition) is 1. The minimum absolute atomic E-state index is 0.0290. The van der Waals surface area contributed by atoms with Crippen LogP contribution in [0, 0.1) is 0 Å². The van der Waals surface area contributed by atoms with Gasteiger partial charge in [-0.05, 0) is 24.3 Å². The Morgan fingerprint density at radius 2 is 2.07 bits per heavy atom. The van der Waals surface area contributed by atoms with E-state index in [1.165, 1.54) is 0 Å². The van der Waals surface area contributed by atoms with Gasteiger partial charge in [0.2, 0.25) is 0 Å². The summed E-state index contributed by atoms with van der Waals surface area (Å²) in [6.45, 7) is 8.25. The van der Waals surface area contributed by atoms with Crippen LogP contribution in [0.25, 0.3) is 11.3 Å². The lowest BCUT2D eigenvalue weighted by Gasteiger charge is -2.28. The average molecular weight is 398 g/mol. The first-order chi connectivity index (χ1) is 13.3. The molecule has 1 N–H and O–H groups in total. The van der Waals surface area contributed by atoms with Gasteiger partial charge in [0.1, 0.15) is 17.3 Å². The topological polar surface area (TPSA) is 62.1 Å². The Morgan fingerprint density at radius 1 is 1.25 bits per heavy atom. The molecule has 1 aliphatic heterocycles. The number of hydrogen-bond acceptors (Lipinski definition) is 4. The van der Waals surface area contributed by atoms with Gasteiger partial charge in [-0.15, -0.1) is 0 Å². The lowest BCUT2D eigenvalue weighted by atomic mass is 9.95. The van der Waals surface area contributed by atoms with Crippen LogP contribution in [0.5, 0.6) is 0 Å². The van der Waals surface area contributed by atoms with Crippen LogP contribution in [0.4, 0.5) is 0 Å². The van der Waals surface area contributed by atoms with E-state index in [9.17, 15) is 4.79 Å². The second kappa shape index (κ2) is 7.22. The van der Waals surface area contributed by atoms with Crippen molar-refractivity contribution < 1.29 is 4.42 Å². The second-order valence-corrected chi connectivity index (χ2v) is 8.76. The fraction of sp³-hybridized carbons (Fsp3) is 0.364. The van der Waals surface area contributed by atoms with Crippen LogP contribution < -0.4 is 5.56 Å². The maximum atomic E-state index is 12.6. The lowest BCUT2D eigenvalue weighted by Crippen LogP contribution is -2.37. The third-order valence-electron chi connectivity index (χ3n) is 5.01. The SMILES string of the molecule is CC(C)(C)c1nc2c(c(=O)[nH]1)CN(Cc1ccc(-c3cccc(Cl)c3)o1)CC2. The highest BCUT2D eigenvalue weighted by Crippen LogP contribution is 2.26. The molecule has 0 amide bonds. The van der Waals surface area contributed by atoms with E-state index in [1.54, 1.807) is 0 Å². The standard InChI is InChI=1S/C22H24ClN3O2/c1-22(2,3)21-24-18-9-10-26(13-17(18)20(27)25-21)12-16-7-8-19(28-16)14-5-4-6-15(23)11-14/h4-8,11H,9-10,12-13H2,1-3H3,(H,24,25,27). The number of furan rings is 1. The monoisotopic (exact) mass is 397 g/mol. The summed E-state index contributed by atoms with van der Waals surface area (Å²) in [4.78, 5) is 22.5. The first-order valence-corrected chi connectivity index (χ1v) is 9.87. The highest BCUT2D eigenvalue weighted by atomic mass is 35.5. The fourth-order valence-corrected chi connectivity index (χ4v) is 3.64. The van der Waals surface area contributed by atoms with Crippen molar-refractivity contribution in [1.82, 2.24) is 14.9 Å². The number of H-pyrrole nitrogens is 1. The second-order valence-electron chi connectivity index (χ2n) is 8.33. The molecule has 0 bridgehead atoms. The molecule has 1 aromatic carbocycles. The van der Waals surface area contributed by atoms with Gasteiger partial charge in [0, 0.05) is 35.5 Å². The quantitative estimate of drug-likeness (QED) is 0.704. The first kappa shape index (κ1) is 19.0. The van der Waals surface area contributed by atoms with Gasteiger partial charge in [-0.25, -0.2) is 4.98 Å². The van der Waals surface area contributed by atoms with Crippen LogP contribution in [0.3, 0.4) is 0 Å². The van der Waals surface area contributed by atoms with Crippen LogP contribution in [0.2, 0.25) is 5.02 Å². The zero-order chi connectivity index (χ0) is 19.9. The molecule has 0 spiro atoms. The third kappa shape index (κ3) is 3.91. The normalized spacial score (nSPS) is 14.9. The molecule has 146 valence electrons. The highest BCUT2D eigenvalue weighted by molar-refractivity contribution is 6.30. The van der Waals surface area contributed by atoms with Gasteiger partial charge in [0.15, 0.2) is 0 Å². The average Bonchev–Trinajstić information content (AvgIpc) is 3.10. The van der Waals surface area contributed by atoms with Crippen molar-refractivity contribution in [2.45, 2.75) is 45.7 Å². The van der Waals surface area contributed by atoms with Crippen LogP contribution in [-0.4, -0.2) is 21.4 Å². The maximum absolute atomic E-state index is 12.6. The molecule has 0 atom stereocenters. The molecule has 3 heterocycles. The van der Waals surface area contributed by atoms with Gasteiger partial charge < -0.3 is 9.40 Å². The van der Waals surface area contributed by atoms with E-state index < -0.39 is 0 Å². The Hall–Kier alpha value is -2.37. The van der Waals surface area contributed by atoms with E-state index in [4.69, 9.17) is 21.0 Å². The number of fused-ring (bicyclic) bond motifs is 1. The van der Waals surface area contributed by atoms with Gasteiger partial charge in [0.05, 0.1) is 17.8 Å². The summed E-state index contributed by atoms with van der Waals surface area (Å²) < 4.78 is 6.01. The Kier molecular flexibility index (Phi) is 4.89. The Balaban J connectivity index is 1.51. The number of aromatic amines is 1. The number of halogens is 1. The van der Waals surface area contributed by atoms with E-state index in [0.717, 1.165) is 47.1 Å². The first-order valence-electron chi connectivity index (χ1n) is 9.49. The van der Waals surface area contributed by atoms with E-state index in [1.807, 2.05) is 36.4 Å². The summed E-state index contributed by atoms with van der Waals surface area (Å²) in [6, 6.07) is 11.6. The van der Waals surface area contributed by atoms with Crippen molar-refractivity contribution in [3.63, 3.8) is 0 Å². The molecule has 5 nitrogen and oxygen atoms in total. The van der Waals surface area contributed by atoms with Crippen molar-refractivity contribution in [1.29, 1.82) is 0 Å². The van der Waals surface area contributed by atoms with E-state index in [0.29, 0.717) is 18.1 Å². The summed E-state index contributed by atoms with van der Waals surface area (Å²) in [5, 5.41) is 0.685. The number of benzene rings is 1. The number of nitrogens with one attached hydrogen (secondary N) is 1. The third-order valence-corrected chi connectivity index (χ3v) is 5.24. The Bertz CT molecular complexity index is 1060. The molecule has 0 saturated heterocycles. The predicted octanol–water partition coefficient (Wildman–Crippen LogP) is 4.54. The molecular weight excluding hydrogens is 374 g/mol. The van der Waals surface area contributed by atoms with Crippen LogP contribution in [0.1, 0.15) is 43.6 Å². The molecule has 0 aliphatic carbocycles. The zero-order valence-corrected chi connectivity index (χ0v) is 17.1. The lowest BCUT2D eigenvalue weighted by molar-refractivity contribution is 0.222. The molecule has 0 saturated carbocycles. The fourth-order valence-electron chi connectivity index (χ4n) is 3.45. The zero-order valence-electron chi connectivity index (χ0n) is 16.4.